The molecule has 3 heterocycles. The van der Waals surface area contributed by atoms with Crippen LogP contribution in [0.15, 0.2) is 0 Å². The van der Waals surface area contributed by atoms with E-state index in [-0.39, 0.29) is 6.10 Å². The topological polar surface area (TPSA) is 73.9 Å². The molecule has 5 nitrogen and oxygen atoms in total. The second kappa shape index (κ2) is 5.15. The fourth-order valence-electron chi connectivity index (χ4n) is 2.13. The summed E-state index contributed by atoms with van der Waals surface area (Å²) < 4.78 is 5.72. The summed E-state index contributed by atoms with van der Waals surface area (Å²) in [5.41, 5.74) is 6.75. The molecule has 7 heteroatoms. The Kier molecular flexibility index (Phi) is 3.51. The predicted octanol–water partition coefficient (Wildman–Crippen LogP) is 3.22. The van der Waals surface area contributed by atoms with Crippen molar-refractivity contribution < 1.29 is 4.74 Å². The van der Waals surface area contributed by atoms with Gasteiger partial charge in [0.2, 0.25) is 5.13 Å². The minimum Gasteiger partial charge on any atom is -0.374 e. The molecule has 1 atom stereocenters. The van der Waals surface area contributed by atoms with E-state index < -0.39 is 0 Å². The first-order chi connectivity index (χ1) is 9.15. The Morgan fingerprint density at radius 2 is 2.16 bits per heavy atom. The first-order valence-corrected chi connectivity index (χ1v) is 8.00. The molecular weight excluding hydrogens is 280 g/mol. The number of rotatable bonds is 3. The molecular formula is C12H16N4OS2. The van der Waals surface area contributed by atoms with E-state index >= 15 is 0 Å². The van der Waals surface area contributed by atoms with Gasteiger partial charge in [0.15, 0.2) is 5.01 Å². The van der Waals surface area contributed by atoms with Crippen LogP contribution in [0.2, 0.25) is 0 Å². The van der Waals surface area contributed by atoms with E-state index in [4.69, 9.17) is 15.5 Å². The van der Waals surface area contributed by atoms with Crippen molar-refractivity contribution in [3.05, 3.63) is 10.7 Å². The Morgan fingerprint density at radius 3 is 2.74 bits per heavy atom. The molecule has 0 saturated carbocycles. The van der Waals surface area contributed by atoms with Crippen LogP contribution in [-0.2, 0) is 4.74 Å². The van der Waals surface area contributed by atoms with Gasteiger partial charge in [-0.3, -0.25) is 0 Å². The lowest BCUT2D eigenvalue weighted by Crippen LogP contribution is -1.96. The van der Waals surface area contributed by atoms with Crippen molar-refractivity contribution in [2.75, 3.05) is 12.3 Å². The van der Waals surface area contributed by atoms with Crippen LogP contribution in [-0.4, -0.2) is 21.8 Å². The molecule has 1 aliphatic heterocycles. The van der Waals surface area contributed by atoms with Crippen LogP contribution in [0.3, 0.4) is 0 Å². The van der Waals surface area contributed by atoms with Gasteiger partial charge in [-0.1, -0.05) is 25.2 Å². The number of hydrogen-bond acceptors (Lipinski definition) is 7. The lowest BCUT2D eigenvalue weighted by molar-refractivity contribution is 0.111. The van der Waals surface area contributed by atoms with Crippen molar-refractivity contribution in [2.45, 2.75) is 38.7 Å². The van der Waals surface area contributed by atoms with Crippen LogP contribution >= 0.6 is 22.7 Å². The first-order valence-electron chi connectivity index (χ1n) is 6.36. The molecule has 2 aromatic heterocycles. The molecule has 19 heavy (non-hydrogen) atoms. The molecule has 0 aliphatic carbocycles. The standard InChI is InChI=1S/C12H16N4OS2/c1-6(2)8-9(11-15-16-12(13)19-11)18-10(14-8)7-4-3-5-17-7/h6-7H,3-5H2,1-2H3,(H2,13,16). The highest BCUT2D eigenvalue weighted by atomic mass is 32.1. The largest absolute Gasteiger partial charge is 0.374 e. The lowest BCUT2D eigenvalue weighted by Gasteiger charge is -2.04. The minimum absolute atomic E-state index is 0.154. The zero-order valence-electron chi connectivity index (χ0n) is 10.9. The van der Waals surface area contributed by atoms with Gasteiger partial charge in [-0.05, 0) is 18.8 Å². The van der Waals surface area contributed by atoms with E-state index in [2.05, 4.69) is 24.0 Å². The molecule has 1 aliphatic rings. The fraction of sp³-hybridized carbons (Fsp3) is 0.583. The maximum absolute atomic E-state index is 5.72. The smallest absolute Gasteiger partial charge is 0.203 e. The molecule has 0 aromatic carbocycles. The van der Waals surface area contributed by atoms with Crippen molar-refractivity contribution in [1.82, 2.24) is 15.2 Å². The van der Waals surface area contributed by atoms with Gasteiger partial charge in [-0.15, -0.1) is 21.5 Å². The van der Waals surface area contributed by atoms with Gasteiger partial charge in [0.05, 0.1) is 10.6 Å². The average Bonchev–Trinajstić information content (AvgIpc) is 3.07. The molecule has 2 aromatic rings. The summed E-state index contributed by atoms with van der Waals surface area (Å²) in [5.74, 6) is 0.353. The molecule has 1 unspecified atom stereocenters. The van der Waals surface area contributed by atoms with Gasteiger partial charge in [0, 0.05) is 6.61 Å². The lowest BCUT2D eigenvalue weighted by atomic mass is 10.1. The third-order valence-corrected chi connectivity index (χ3v) is 5.13. The monoisotopic (exact) mass is 296 g/mol. The molecule has 1 fully saturated rings. The van der Waals surface area contributed by atoms with Crippen molar-refractivity contribution in [1.29, 1.82) is 0 Å². The highest BCUT2D eigenvalue weighted by Crippen LogP contribution is 2.41. The second-order valence-electron chi connectivity index (χ2n) is 4.87. The third-order valence-electron chi connectivity index (χ3n) is 3.06. The van der Waals surface area contributed by atoms with E-state index in [1.54, 1.807) is 11.3 Å². The number of ether oxygens (including phenoxy) is 1. The van der Waals surface area contributed by atoms with E-state index in [1.807, 2.05) is 0 Å². The van der Waals surface area contributed by atoms with Crippen LogP contribution in [0.25, 0.3) is 9.88 Å². The number of aromatic nitrogens is 3. The Hall–Kier alpha value is -1.05. The molecule has 0 radical (unpaired) electrons. The summed E-state index contributed by atoms with van der Waals surface area (Å²) in [7, 11) is 0. The van der Waals surface area contributed by atoms with Gasteiger partial charge < -0.3 is 10.5 Å². The molecule has 0 amide bonds. The van der Waals surface area contributed by atoms with Gasteiger partial charge in [0.25, 0.3) is 0 Å². The Labute approximate surface area is 119 Å². The zero-order chi connectivity index (χ0) is 13.4. The van der Waals surface area contributed by atoms with Crippen LogP contribution in [0.4, 0.5) is 5.13 Å². The summed E-state index contributed by atoms with van der Waals surface area (Å²) >= 11 is 3.08. The highest BCUT2D eigenvalue weighted by Gasteiger charge is 2.26. The molecule has 0 spiro atoms. The molecule has 0 bridgehead atoms. The van der Waals surface area contributed by atoms with Crippen molar-refractivity contribution in [3.63, 3.8) is 0 Å². The number of nitrogens with zero attached hydrogens (tertiary/aromatic N) is 3. The minimum atomic E-state index is 0.154. The van der Waals surface area contributed by atoms with Crippen molar-refractivity contribution >= 4 is 27.8 Å². The van der Waals surface area contributed by atoms with Crippen molar-refractivity contribution in [2.24, 2.45) is 0 Å². The number of anilines is 1. The Morgan fingerprint density at radius 1 is 1.32 bits per heavy atom. The van der Waals surface area contributed by atoms with E-state index in [0.717, 1.165) is 40.0 Å². The van der Waals surface area contributed by atoms with Crippen molar-refractivity contribution in [3.8, 4) is 9.88 Å². The molecule has 3 rings (SSSR count). The number of nitrogens with two attached hydrogens (primary N) is 1. The molecule has 102 valence electrons. The van der Waals surface area contributed by atoms with E-state index in [9.17, 15) is 0 Å². The third kappa shape index (κ3) is 2.50. The second-order valence-corrected chi connectivity index (χ2v) is 6.91. The quantitative estimate of drug-likeness (QED) is 0.941. The van der Waals surface area contributed by atoms with Gasteiger partial charge >= 0.3 is 0 Å². The maximum atomic E-state index is 5.72. The van der Waals surface area contributed by atoms with Crippen LogP contribution in [0.5, 0.6) is 0 Å². The predicted molar refractivity (Wildman–Crippen MR) is 77.4 cm³/mol. The summed E-state index contributed by atoms with van der Waals surface area (Å²) in [6.07, 6.45) is 2.33. The number of thiazole rings is 1. The Bertz CT molecular complexity index is 572. The SMILES string of the molecule is CC(C)c1nc(C2CCCO2)sc1-c1nnc(N)s1. The Balaban J connectivity index is 2.01. The van der Waals surface area contributed by atoms with Gasteiger partial charge in [0.1, 0.15) is 11.1 Å². The summed E-state index contributed by atoms with van der Waals surface area (Å²) in [4.78, 5) is 5.86. The fourth-order valence-corrected chi connectivity index (χ4v) is 4.12. The van der Waals surface area contributed by atoms with Gasteiger partial charge in [-0.25, -0.2) is 4.98 Å². The summed E-state index contributed by atoms with van der Waals surface area (Å²) in [6, 6.07) is 0. The van der Waals surface area contributed by atoms with E-state index in [1.165, 1.54) is 11.3 Å². The highest BCUT2D eigenvalue weighted by molar-refractivity contribution is 7.23. The molecule has 2 N–H and O–H groups in total. The maximum Gasteiger partial charge on any atom is 0.203 e. The van der Waals surface area contributed by atoms with E-state index in [0.29, 0.717) is 11.0 Å². The summed E-state index contributed by atoms with van der Waals surface area (Å²) in [5, 5.41) is 10.5. The van der Waals surface area contributed by atoms with Crippen LogP contribution in [0.1, 0.15) is 49.4 Å². The van der Waals surface area contributed by atoms with Crippen LogP contribution < -0.4 is 5.73 Å². The average molecular weight is 296 g/mol. The first kappa shape index (κ1) is 13.0. The summed E-state index contributed by atoms with van der Waals surface area (Å²) in [6.45, 7) is 5.12. The van der Waals surface area contributed by atoms with Gasteiger partial charge in [-0.2, -0.15) is 0 Å². The van der Waals surface area contributed by atoms with Crippen LogP contribution in [0, 0.1) is 0 Å². The molecule has 1 saturated heterocycles. The number of hydrogen-bond donors (Lipinski definition) is 1. The normalized spacial score (nSPS) is 19.4. The zero-order valence-corrected chi connectivity index (χ0v) is 12.6. The number of nitrogen functional groups attached to an aromatic ring is 1.